The number of alkyl halides is 1. The Balaban J connectivity index is 2.59. The molecule has 0 bridgehead atoms. The maximum absolute atomic E-state index is 12.0. The highest BCUT2D eigenvalue weighted by Crippen LogP contribution is 1.94. The van der Waals surface area contributed by atoms with Gasteiger partial charge in [0.15, 0.2) is 0 Å². The van der Waals surface area contributed by atoms with Crippen molar-refractivity contribution in [3.8, 4) is 0 Å². The fraction of sp³-hybridized carbons (Fsp3) is 0.375. The third-order valence-corrected chi connectivity index (χ3v) is 1.43. The van der Waals surface area contributed by atoms with E-state index in [1.54, 1.807) is 6.92 Å². The molecule has 13 heavy (non-hydrogen) atoms. The molecule has 1 aromatic heterocycles. The van der Waals surface area contributed by atoms with Crippen molar-refractivity contribution in [2.24, 2.45) is 0 Å². The number of hydrogen-bond acceptors (Lipinski definition) is 3. The molecule has 1 aromatic rings. The van der Waals surface area contributed by atoms with Gasteiger partial charge in [-0.15, -0.1) is 0 Å². The monoisotopic (exact) mass is 183 g/mol. The van der Waals surface area contributed by atoms with Gasteiger partial charge in [-0.05, 0) is 6.92 Å². The van der Waals surface area contributed by atoms with Gasteiger partial charge in [-0.3, -0.25) is 4.79 Å². The first-order valence-electron chi connectivity index (χ1n) is 3.86. The van der Waals surface area contributed by atoms with Gasteiger partial charge in [-0.1, -0.05) is 0 Å². The average molecular weight is 183 g/mol. The maximum Gasteiger partial charge on any atom is 0.254 e. The summed E-state index contributed by atoms with van der Waals surface area (Å²) in [6.45, 7) is 1.00. The molecule has 0 aliphatic rings. The third kappa shape index (κ3) is 2.77. The van der Waals surface area contributed by atoms with Crippen molar-refractivity contribution in [3.63, 3.8) is 0 Å². The Labute approximate surface area is 75.2 Å². The van der Waals surface area contributed by atoms with Gasteiger partial charge < -0.3 is 5.32 Å². The van der Waals surface area contributed by atoms with Crippen molar-refractivity contribution >= 4 is 5.91 Å². The molecule has 4 nitrogen and oxygen atoms in total. The van der Waals surface area contributed by atoms with Crippen molar-refractivity contribution in [1.29, 1.82) is 0 Å². The molecule has 1 atom stereocenters. The van der Waals surface area contributed by atoms with E-state index in [9.17, 15) is 9.18 Å². The van der Waals surface area contributed by atoms with Crippen LogP contribution >= 0.6 is 0 Å². The first-order valence-corrected chi connectivity index (χ1v) is 3.86. The van der Waals surface area contributed by atoms with E-state index >= 15 is 0 Å². The summed E-state index contributed by atoms with van der Waals surface area (Å²) >= 11 is 0. The summed E-state index contributed by atoms with van der Waals surface area (Å²) in [5.41, 5.74) is 0.336. The van der Waals surface area contributed by atoms with Crippen LogP contribution in [0.2, 0.25) is 0 Å². The van der Waals surface area contributed by atoms with Crippen LogP contribution in [0, 0.1) is 0 Å². The number of carbonyl (C=O) groups excluding carboxylic acids is 1. The minimum atomic E-state index is -0.584. The molecule has 1 N–H and O–H groups in total. The zero-order valence-corrected chi connectivity index (χ0v) is 7.20. The zero-order chi connectivity index (χ0) is 9.68. The minimum Gasteiger partial charge on any atom is -0.347 e. The fourth-order valence-electron chi connectivity index (χ4n) is 0.762. The number of carbonyl (C=O) groups is 1. The van der Waals surface area contributed by atoms with Crippen LogP contribution in [0.5, 0.6) is 0 Å². The van der Waals surface area contributed by atoms with Gasteiger partial charge in [-0.2, -0.15) is 0 Å². The van der Waals surface area contributed by atoms with Crippen LogP contribution in [0.1, 0.15) is 17.3 Å². The number of aromatic nitrogens is 2. The Morgan fingerprint density at radius 1 is 1.62 bits per heavy atom. The SMILES string of the molecule is CC(CF)NC(=O)c1cncnc1. The summed E-state index contributed by atoms with van der Waals surface area (Å²) in [5, 5.41) is 2.45. The average Bonchev–Trinajstić information content (AvgIpc) is 2.19. The summed E-state index contributed by atoms with van der Waals surface area (Å²) in [6, 6.07) is -0.479. The van der Waals surface area contributed by atoms with E-state index in [4.69, 9.17) is 0 Å². The quantitative estimate of drug-likeness (QED) is 0.745. The van der Waals surface area contributed by atoms with Crippen LogP contribution in [0.15, 0.2) is 18.7 Å². The normalized spacial score (nSPS) is 12.2. The summed E-state index contributed by atoms with van der Waals surface area (Å²) in [5.74, 6) is -0.356. The van der Waals surface area contributed by atoms with Crippen molar-refractivity contribution in [3.05, 3.63) is 24.3 Å². The van der Waals surface area contributed by atoms with E-state index in [1.165, 1.54) is 18.7 Å². The highest BCUT2D eigenvalue weighted by Gasteiger charge is 2.08. The molecule has 1 rings (SSSR count). The molecule has 0 spiro atoms. The molecule has 0 aliphatic heterocycles. The van der Waals surface area contributed by atoms with Crippen LogP contribution in [0.4, 0.5) is 4.39 Å². The first-order chi connectivity index (χ1) is 6.24. The van der Waals surface area contributed by atoms with Gasteiger partial charge >= 0.3 is 0 Å². The van der Waals surface area contributed by atoms with Gasteiger partial charge in [0.25, 0.3) is 5.91 Å². The van der Waals surface area contributed by atoms with E-state index < -0.39 is 12.7 Å². The summed E-state index contributed by atoms with van der Waals surface area (Å²) in [6.07, 6.45) is 4.09. The Kier molecular flexibility index (Phi) is 3.31. The van der Waals surface area contributed by atoms with Crippen molar-refractivity contribution < 1.29 is 9.18 Å². The van der Waals surface area contributed by atoms with E-state index in [-0.39, 0.29) is 5.91 Å². The van der Waals surface area contributed by atoms with Crippen LogP contribution < -0.4 is 5.32 Å². The Bertz CT molecular complexity index is 278. The molecule has 0 aliphatic carbocycles. The van der Waals surface area contributed by atoms with Crippen molar-refractivity contribution in [2.45, 2.75) is 13.0 Å². The second-order valence-corrected chi connectivity index (χ2v) is 2.66. The van der Waals surface area contributed by atoms with E-state index in [1.807, 2.05) is 0 Å². The van der Waals surface area contributed by atoms with Gasteiger partial charge in [0, 0.05) is 12.4 Å². The summed E-state index contributed by atoms with van der Waals surface area (Å²) in [7, 11) is 0. The lowest BCUT2D eigenvalue weighted by molar-refractivity contribution is 0.0933. The second kappa shape index (κ2) is 4.49. The lowest BCUT2D eigenvalue weighted by Gasteiger charge is -2.08. The number of rotatable bonds is 3. The predicted molar refractivity (Wildman–Crippen MR) is 44.9 cm³/mol. The Morgan fingerprint density at radius 3 is 2.77 bits per heavy atom. The second-order valence-electron chi connectivity index (χ2n) is 2.66. The third-order valence-electron chi connectivity index (χ3n) is 1.43. The lowest BCUT2D eigenvalue weighted by atomic mass is 10.3. The molecule has 1 unspecified atom stereocenters. The Morgan fingerprint density at radius 2 is 2.23 bits per heavy atom. The number of halogens is 1. The summed E-state index contributed by atoms with van der Waals surface area (Å²) in [4.78, 5) is 18.6. The molecule has 1 amide bonds. The Hall–Kier alpha value is -1.52. The van der Waals surface area contributed by atoms with Crippen molar-refractivity contribution in [1.82, 2.24) is 15.3 Å². The molecule has 70 valence electrons. The highest BCUT2D eigenvalue weighted by molar-refractivity contribution is 5.93. The molecule has 1 heterocycles. The number of hydrogen-bond donors (Lipinski definition) is 1. The molecule has 0 aromatic carbocycles. The van der Waals surface area contributed by atoms with Gasteiger partial charge in [0.1, 0.15) is 13.0 Å². The number of nitrogens with one attached hydrogen (secondary N) is 1. The lowest BCUT2D eigenvalue weighted by Crippen LogP contribution is -2.34. The molecule has 0 saturated heterocycles. The van der Waals surface area contributed by atoms with Gasteiger partial charge in [-0.25, -0.2) is 14.4 Å². The molecule has 5 heteroatoms. The minimum absolute atomic E-state index is 0.336. The highest BCUT2D eigenvalue weighted by atomic mass is 19.1. The van der Waals surface area contributed by atoms with Crippen molar-refractivity contribution in [2.75, 3.05) is 6.67 Å². The molecule has 0 radical (unpaired) electrons. The molecule has 0 fully saturated rings. The van der Waals surface area contributed by atoms with E-state index in [2.05, 4.69) is 15.3 Å². The number of nitrogens with zero attached hydrogens (tertiary/aromatic N) is 2. The van der Waals surface area contributed by atoms with Crippen LogP contribution in [-0.4, -0.2) is 28.6 Å². The topological polar surface area (TPSA) is 54.9 Å². The van der Waals surface area contributed by atoms with E-state index in [0.29, 0.717) is 5.56 Å². The molecule has 0 saturated carbocycles. The fourth-order valence-corrected chi connectivity index (χ4v) is 0.762. The molecular weight excluding hydrogens is 173 g/mol. The molecular formula is C8H10FN3O. The van der Waals surface area contributed by atoms with Crippen LogP contribution in [0.25, 0.3) is 0 Å². The smallest absolute Gasteiger partial charge is 0.254 e. The number of amides is 1. The first kappa shape index (κ1) is 9.57. The van der Waals surface area contributed by atoms with Gasteiger partial charge in [0.2, 0.25) is 0 Å². The summed E-state index contributed by atoms with van der Waals surface area (Å²) < 4.78 is 12.0. The van der Waals surface area contributed by atoms with Crippen LogP contribution in [0.3, 0.4) is 0 Å². The standard InChI is InChI=1S/C8H10FN3O/c1-6(2-9)12-8(13)7-3-10-5-11-4-7/h3-6H,2H2,1H3,(H,12,13). The van der Waals surface area contributed by atoms with E-state index in [0.717, 1.165) is 0 Å². The largest absolute Gasteiger partial charge is 0.347 e. The van der Waals surface area contributed by atoms with Crippen LogP contribution in [-0.2, 0) is 0 Å². The van der Waals surface area contributed by atoms with Gasteiger partial charge in [0.05, 0.1) is 11.6 Å². The predicted octanol–water partition coefficient (Wildman–Crippen LogP) is 0.564. The maximum atomic E-state index is 12.0. The zero-order valence-electron chi connectivity index (χ0n) is 7.20.